The Morgan fingerprint density at radius 3 is 2.65 bits per heavy atom. The molecule has 1 aromatic rings. The molecule has 1 heterocycles. The van der Waals surface area contributed by atoms with Crippen molar-refractivity contribution in [1.82, 2.24) is 4.90 Å². The minimum Gasteiger partial charge on any atom is -0.497 e. The van der Waals surface area contributed by atoms with Gasteiger partial charge in [-0.1, -0.05) is 24.0 Å². The van der Waals surface area contributed by atoms with Gasteiger partial charge in [0.15, 0.2) is 0 Å². The third kappa shape index (κ3) is 3.83. The maximum atomic E-state index is 12.4. The molecule has 0 saturated carbocycles. The molecule has 0 atom stereocenters. The van der Waals surface area contributed by atoms with Crippen molar-refractivity contribution in [1.29, 1.82) is 0 Å². The van der Waals surface area contributed by atoms with Gasteiger partial charge in [0, 0.05) is 11.6 Å². The van der Waals surface area contributed by atoms with Crippen molar-refractivity contribution >= 4 is 46.3 Å². The number of nitrogens with zero attached hydrogens (tertiary/aromatic N) is 1. The highest BCUT2D eigenvalue weighted by Gasteiger charge is 2.33. The van der Waals surface area contributed by atoms with Crippen molar-refractivity contribution in [3.63, 3.8) is 0 Å². The molecule has 1 fully saturated rings. The van der Waals surface area contributed by atoms with E-state index >= 15 is 0 Å². The first-order chi connectivity index (χ1) is 11.0. The lowest BCUT2D eigenvalue weighted by Gasteiger charge is -2.12. The molecule has 1 aliphatic rings. The van der Waals surface area contributed by atoms with Crippen LogP contribution in [0.15, 0.2) is 23.1 Å². The van der Waals surface area contributed by atoms with E-state index in [1.165, 1.54) is 19.1 Å². The fourth-order valence-corrected chi connectivity index (χ4v) is 3.15. The van der Waals surface area contributed by atoms with Crippen LogP contribution < -0.4 is 9.47 Å². The van der Waals surface area contributed by atoms with Gasteiger partial charge in [0.25, 0.3) is 5.91 Å². The largest absolute Gasteiger partial charge is 0.497 e. The van der Waals surface area contributed by atoms with Crippen LogP contribution in [-0.4, -0.2) is 49.0 Å². The van der Waals surface area contributed by atoms with E-state index in [4.69, 9.17) is 21.7 Å². The average molecular weight is 353 g/mol. The van der Waals surface area contributed by atoms with Crippen LogP contribution in [0.2, 0.25) is 0 Å². The van der Waals surface area contributed by atoms with E-state index in [9.17, 15) is 9.59 Å². The molecule has 6 nitrogen and oxygen atoms in total. The molecule has 0 aliphatic carbocycles. The Hall–Kier alpha value is -2.06. The van der Waals surface area contributed by atoms with Gasteiger partial charge in [-0.25, -0.2) is 0 Å². The van der Waals surface area contributed by atoms with Gasteiger partial charge in [0.1, 0.15) is 22.4 Å². The number of carbonyl (C=O) groups excluding carboxylic acids is 2. The summed E-state index contributed by atoms with van der Waals surface area (Å²) >= 11 is 6.28. The number of rotatable bonds is 5. The average Bonchev–Trinajstić information content (AvgIpc) is 2.82. The van der Waals surface area contributed by atoms with Gasteiger partial charge >= 0.3 is 5.97 Å². The standard InChI is InChI=1S/C15H15NO5S2/c1-19-10-5-4-9(11(7-10)20-2)6-12-14(18)16(15(22)23-12)8-13(17)21-3/h4-7H,8H2,1-3H3/b12-6-. The fourth-order valence-electron chi connectivity index (χ4n) is 1.91. The highest BCUT2D eigenvalue weighted by atomic mass is 32.2. The van der Waals surface area contributed by atoms with Crippen molar-refractivity contribution in [2.24, 2.45) is 0 Å². The van der Waals surface area contributed by atoms with Crippen LogP contribution in [0, 0.1) is 0 Å². The summed E-state index contributed by atoms with van der Waals surface area (Å²) in [5.41, 5.74) is 0.715. The number of ether oxygens (including phenoxy) is 3. The van der Waals surface area contributed by atoms with E-state index in [0.717, 1.165) is 11.8 Å². The van der Waals surface area contributed by atoms with Crippen molar-refractivity contribution in [2.75, 3.05) is 27.9 Å². The number of esters is 1. The molecule has 23 heavy (non-hydrogen) atoms. The number of methoxy groups -OCH3 is 3. The molecule has 0 radical (unpaired) electrons. The Morgan fingerprint density at radius 1 is 1.30 bits per heavy atom. The molecule has 1 aromatic carbocycles. The third-order valence-electron chi connectivity index (χ3n) is 3.12. The number of benzene rings is 1. The van der Waals surface area contributed by atoms with Gasteiger partial charge in [-0.15, -0.1) is 0 Å². The zero-order valence-corrected chi connectivity index (χ0v) is 14.5. The zero-order chi connectivity index (χ0) is 17.0. The minimum atomic E-state index is -0.524. The highest BCUT2D eigenvalue weighted by molar-refractivity contribution is 8.26. The summed E-state index contributed by atoms with van der Waals surface area (Å²) in [6.45, 7) is -0.196. The quantitative estimate of drug-likeness (QED) is 0.456. The zero-order valence-electron chi connectivity index (χ0n) is 12.8. The van der Waals surface area contributed by atoms with Crippen molar-refractivity contribution in [3.05, 3.63) is 28.7 Å². The predicted molar refractivity (Wildman–Crippen MR) is 91.4 cm³/mol. The molecule has 0 bridgehead atoms. The van der Waals surface area contributed by atoms with Gasteiger partial charge in [0.05, 0.1) is 26.2 Å². The smallest absolute Gasteiger partial charge is 0.325 e. The molecule has 2 rings (SSSR count). The number of carbonyl (C=O) groups is 2. The fraction of sp³-hybridized carbons (Fsp3) is 0.267. The molecule has 0 spiro atoms. The maximum Gasteiger partial charge on any atom is 0.325 e. The van der Waals surface area contributed by atoms with Crippen LogP contribution in [0.5, 0.6) is 11.5 Å². The Kier molecular flexibility index (Phi) is 5.62. The molecule has 0 unspecified atom stereocenters. The third-order valence-corrected chi connectivity index (χ3v) is 4.49. The van der Waals surface area contributed by atoms with Crippen molar-refractivity contribution < 1.29 is 23.8 Å². The van der Waals surface area contributed by atoms with E-state index in [0.29, 0.717) is 26.3 Å². The summed E-state index contributed by atoms with van der Waals surface area (Å²) in [5, 5.41) is 0. The highest BCUT2D eigenvalue weighted by Crippen LogP contribution is 2.35. The SMILES string of the molecule is COC(=O)CN1C(=O)/C(=C/c2ccc(OC)cc2OC)SC1=S. The molecular formula is C15H15NO5S2. The first kappa shape index (κ1) is 17.3. The van der Waals surface area contributed by atoms with E-state index < -0.39 is 5.97 Å². The second-order valence-electron chi connectivity index (χ2n) is 4.45. The maximum absolute atomic E-state index is 12.4. The monoisotopic (exact) mass is 353 g/mol. The molecule has 8 heteroatoms. The van der Waals surface area contributed by atoms with Crippen LogP contribution >= 0.6 is 24.0 Å². The van der Waals surface area contributed by atoms with Crippen molar-refractivity contribution in [3.8, 4) is 11.5 Å². The molecule has 1 aliphatic heterocycles. The minimum absolute atomic E-state index is 0.196. The topological polar surface area (TPSA) is 65.1 Å². The molecule has 1 saturated heterocycles. The first-order valence-corrected chi connectivity index (χ1v) is 7.76. The lowest BCUT2D eigenvalue weighted by atomic mass is 10.1. The Morgan fingerprint density at radius 2 is 2.04 bits per heavy atom. The normalized spacial score (nSPS) is 16.0. The molecule has 0 aromatic heterocycles. The summed E-state index contributed by atoms with van der Waals surface area (Å²) in [6, 6.07) is 5.27. The summed E-state index contributed by atoms with van der Waals surface area (Å²) < 4.78 is 15.3. The summed E-state index contributed by atoms with van der Waals surface area (Å²) in [4.78, 5) is 25.4. The molecule has 1 amide bonds. The number of amides is 1. The number of thiocarbonyl (C=S) groups is 1. The molecule has 0 N–H and O–H groups in total. The van der Waals surface area contributed by atoms with Gasteiger partial charge in [0.2, 0.25) is 0 Å². The summed E-state index contributed by atoms with van der Waals surface area (Å²) in [7, 11) is 4.36. The number of hydrogen-bond acceptors (Lipinski definition) is 7. The van der Waals surface area contributed by atoms with Gasteiger partial charge in [-0.2, -0.15) is 0 Å². The molecular weight excluding hydrogens is 338 g/mol. The first-order valence-electron chi connectivity index (χ1n) is 6.54. The second kappa shape index (κ2) is 7.47. The van der Waals surface area contributed by atoms with Crippen LogP contribution in [0.25, 0.3) is 6.08 Å². The van der Waals surface area contributed by atoms with Crippen molar-refractivity contribution in [2.45, 2.75) is 0 Å². The number of hydrogen-bond donors (Lipinski definition) is 0. The summed E-state index contributed by atoms with van der Waals surface area (Å²) in [5.74, 6) is 0.368. The van der Waals surface area contributed by atoms with E-state index in [-0.39, 0.29) is 12.5 Å². The second-order valence-corrected chi connectivity index (χ2v) is 6.13. The van der Waals surface area contributed by atoms with Crippen LogP contribution in [0.4, 0.5) is 0 Å². The summed E-state index contributed by atoms with van der Waals surface area (Å²) in [6.07, 6.45) is 1.68. The van der Waals surface area contributed by atoms with Crippen LogP contribution in [0.1, 0.15) is 5.56 Å². The van der Waals surface area contributed by atoms with Gasteiger partial charge < -0.3 is 14.2 Å². The van der Waals surface area contributed by atoms with Gasteiger partial charge in [-0.05, 0) is 18.2 Å². The number of thioether (sulfide) groups is 1. The Balaban J connectivity index is 2.28. The van der Waals surface area contributed by atoms with Crippen LogP contribution in [0.3, 0.4) is 0 Å². The van der Waals surface area contributed by atoms with E-state index in [1.807, 2.05) is 0 Å². The Labute approximate surface area is 143 Å². The lowest BCUT2D eigenvalue weighted by Crippen LogP contribution is -2.33. The Bertz CT molecular complexity index is 686. The van der Waals surface area contributed by atoms with Crippen LogP contribution in [-0.2, 0) is 14.3 Å². The molecule has 122 valence electrons. The lowest BCUT2D eigenvalue weighted by molar-refractivity contribution is -0.143. The van der Waals surface area contributed by atoms with E-state index in [2.05, 4.69) is 4.74 Å². The van der Waals surface area contributed by atoms with Gasteiger partial charge in [-0.3, -0.25) is 14.5 Å². The van der Waals surface area contributed by atoms with E-state index in [1.54, 1.807) is 31.4 Å². The predicted octanol–water partition coefficient (Wildman–Crippen LogP) is 2.08.